The third-order valence-electron chi connectivity index (χ3n) is 4.61. The van der Waals surface area contributed by atoms with E-state index >= 15 is 0 Å². The Kier molecular flexibility index (Phi) is 5.78. The summed E-state index contributed by atoms with van der Waals surface area (Å²) in [5.74, 6) is 1.49. The van der Waals surface area contributed by atoms with Crippen molar-refractivity contribution in [3.8, 4) is 0 Å². The van der Waals surface area contributed by atoms with E-state index in [9.17, 15) is 4.79 Å². The number of aryl methyl sites for hydroxylation is 2. The van der Waals surface area contributed by atoms with Crippen molar-refractivity contribution < 1.29 is 4.79 Å². The highest BCUT2D eigenvalue weighted by atomic mass is 32.2. The second-order valence-electron chi connectivity index (χ2n) is 6.97. The SMILES string of the molecule is CC(C)c1nc(SCC(=O)NC(C)c2ccc3c(c2)CCCC3)n[nH]1. The quantitative estimate of drug-likeness (QED) is 0.771. The highest BCUT2D eigenvalue weighted by molar-refractivity contribution is 7.99. The van der Waals surface area contributed by atoms with Crippen LogP contribution in [0.25, 0.3) is 0 Å². The van der Waals surface area contributed by atoms with Crippen LogP contribution in [0.5, 0.6) is 0 Å². The molecule has 1 amide bonds. The lowest BCUT2D eigenvalue weighted by atomic mass is 9.89. The predicted octanol–water partition coefficient (Wildman–Crippen LogP) is 3.78. The van der Waals surface area contributed by atoms with Crippen molar-refractivity contribution in [2.45, 2.75) is 63.6 Å². The van der Waals surface area contributed by atoms with Crippen LogP contribution in [-0.2, 0) is 17.6 Å². The van der Waals surface area contributed by atoms with Crippen molar-refractivity contribution in [3.63, 3.8) is 0 Å². The molecule has 1 unspecified atom stereocenters. The van der Waals surface area contributed by atoms with Gasteiger partial charge in [-0.2, -0.15) is 0 Å². The zero-order chi connectivity index (χ0) is 17.8. The van der Waals surface area contributed by atoms with Gasteiger partial charge in [0.25, 0.3) is 0 Å². The minimum absolute atomic E-state index is 0.00566. The van der Waals surface area contributed by atoms with Crippen molar-refractivity contribution in [3.05, 3.63) is 40.7 Å². The van der Waals surface area contributed by atoms with Crippen molar-refractivity contribution >= 4 is 17.7 Å². The fraction of sp³-hybridized carbons (Fsp3) is 0.526. The zero-order valence-electron chi connectivity index (χ0n) is 15.1. The molecule has 0 radical (unpaired) electrons. The topological polar surface area (TPSA) is 70.7 Å². The van der Waals surface area contributed by atoms with Crippen molar-refractivity contribution in [2.75, 3.05) is 5.75 Å². The maximum Gasteiger partial charge on any atom is 0.230 e. The third-order valence-corrected chi connectivity index (χ3v) is 5.46. The van der Waals surface area contributed by atoms with Gasteiger partial charge >= 0.3 is 0 Å². The molecule has 0 saturated carbocycles. The Hall–Kier alpha value is -1.82. The molecule has 1 aliphatic rings. The highest BCUT2D eigenvalue weighted by Crippen LogP contribution is 2.25. The highest BCUT2D eigenvalue weighted by Gasteiger charge is 2.15. The van der Waals surface area contributed by atoms with E-state index in [2.05, 4.69) is 52.5 Å². The molecule has 1 aliphatic carbocycles. The van der Waals surface area contributed by atoms with Gasteiger partial charge in [-0.25, -0.2) is 4.98 Å². The summed E-state index contributed by atoms with van der Waals surface area (Å²) in [4.78, 5) is 16.6. The van der Waals surface area contributed by atoms with E-state index < -0.39 is 0 Å². The van der Waals surface area contributed by atoms with Crippen LogP contribution in [0.15, 0.2) is 23.4 Å². The van der Waals surface area contributed by atoms with Gasteiger partial charge in [0.1, 0.15) is 5.82 Å². The fourth-order valence-corrected chi connectivity index (χ4v) is 3.72. The van der Waals surface area contributed by atoms with Crippen LogP contribution in [-0.4, -0.2) is 26.8 Å². The lowest BCUT2D eigenvalue weighted by Gasteiger charge is -2.20. The Morgan fingerprint density at radius 3 is 2.72 bits per heavy atom. The van der Waals surface area contributed by atoms with Gasteiger partial charge in [0.2, 0.25) is 11.1 Å². The number of carbonyl (C=O) groups excluding carboxylic acids is 1. The number of rotatable bonds is 6. The first-order chi connectivity index (χ1) is 12.0. The monoisotopic (exact) mass is 358 g/mol. The van der Waals surface area contributed by atoms with Crippen molar-refractivity contribution in [1.29, 1.82) is 0 Å². The minimum Gasteiger partial charge on any atom is -0.349 e. The van der Waals surface area contributed by atoms with Crippen LogP contribution in [0.4, 0.5) is 0 Å². The lowest BCUT2D eigenvalue weighted by Crippen LogP contribution is -2.28. The second-order valence-corrected chi connectivity index (χ2v) is 7.91. The maximum absolute atomic E-state index is 12.2. The fourth-order valence-electron chi connectivity index (χ4n) is 3.10. The predicted molar refractivity (Wildman–Crippen MR) is 101 cm³/mol. The number of aromatic amines is 1. The summed E-state index contributed by atoms with van der Waals surface area (Å²) in [7, 11) is 0. The van der Waals surface area contributed by atoms with Crippen LogP contribution in [0.2, 0.25) is 0 Å². The molecule has 2 aromatic rings. The van der Waals surface area contributed by atoms with Crippen LogP contribution in [0, 0.1) is 0 Å². The summed E-state index contributed by atoms with van der Waals surface area (Å²) in [6.45, 7) is 6.15. The molecule has 6 heteroatoms. The van der Waals surface area contributed by atoms with E-state index in [1.54, 1.807) is 0 Å². The molecule has 0 aliphatic heterocycles. The molecule has 5 nitrogen and oxygen atoms in total. The van der Waals surface area contributed by atoms with E-state index in [1.165, 1.54) is 47.7 Å². The Labute approximate surface area is 153 Å². The van der Waals surface area contributed by atoms with Gasteiger partial charge in [0.15, 0.2) is 0 Å². The minimum atomic E-state index is 0.00566. The van der Waals surface area contributed by atoms with Gasteiger partial charge in [-0.05, 0) is 49.3 Å². The largest absolute Gasteiger partial charge is 0.349 e. The summed E-state index contributed by atoms with van der Waals surface area (Å²) in [5.41, 5.74) is 4.09. The number of H-pyrrole nitrogens is 1. The first-order valence-electron chi connectivity index (χ1n) is 8.99. The second kappa shape index (κ2) is 8.04. The summed E-state index contributed by atoms with van der Waals surface area (Å²) in [6.07, 6.45) is 4.89. The molecular weight excluding hydrogens is 332 g/mol. The molecule has 0 spiro atoms. The van der Waals surface area contributed by atoms with Gasteiger partial charge < -0.3 is 5.32 Å². The molecule has 1 heterocycles. The molecule has 2 N–H and O–H groups in total. The molecule has 1 aromatic heterocycles. The number of aromatic nitrogens is 3. The average molecular weight is 359 g/mol. The van der Waals surface area contributed by atoms with Crippen LogP contribution >= 0.6 is 11.8 Å². The Balaban J connectivity index is 1.53. The number of nitrogens with one attached hydrogen (secondary N) is 2. The molecule has 0 saturated heterocycles. The van der Waals surface area contributed by atoms with E-state index in [0.717, 1.165) is 12.2 Å². The first kappa shape index (κ1) is 18.0. The maximum atomic E-state index is 12.2. The number of hydrogen-bond acceptors (Lipinski definition) is 4. The van der Waals surface area contributed by atoms with Gasteiger partial charge in [-0.1, -0.05) is 43.8 Å². The molecule has 1 aromatic carbocycles. The van der Waals surface area contributed by atoms with Gasteiger partial charge in [-0.3, -0.25) is 9.89 Å². The number of benzene rings is 1. The summed E-state index contributed by atoms with van der Waals surface area (Å²) >= 11 is 1.36. The Morgan fingerprint density at radius 2 is 2.00 bits per heavy atom. The molecule has 134 valence electrons. The van der Waals surface area contributed by atoms with Gasteiger partial charge in [0.05, 0.1) is 11.8 Å². The van der Waals surface area contributed by atoms with Crippen molar-refractivity contribution in [1.82, 2.24) is 20.5 Å². The number of hydrogen-bond donors (Lipinski definition) is 2. The zero-order valence-corrected chi connectivity index (χ0v) is 15.9. The number of carbonyl (C=O) groups is 1. The van der Waals surface area contributed by atoms with Gasteiger partial charge in [0, 0.05) is 5.92 Å². The standard InChI is InChI=1S/C19H26N4OS/c1-12(2)18-21-19(23-22-18)25-11-17(24)20-13(3)15-9-8-14-6-4-5-7-16(14)10-15/h8-10,12-13H,4-7,11H2,1-3H3,(H,20,24)(H,21,22,23). The average Bonchev–Trinajstić information content (AvgIpc) is 3.09. The Bertz CT molecular complexity index is 741. The molecule has 0 fully saturated rings. The van der Waals surface area contributed by atoms with E-state index in [1.807, 2.05) is 6.92 Å². The summed E-state index contributed by atoms with van der Waals surface area (Å²) in [5, 5.41) is 10.8. The smallest absolute Gasteiger partial charge is 0.230 e. The van der Waals surface area contributed by atoms with Crippen molar-refractivity contribution in [2.24, 2.45) is 0 Å². The normalized spacial score (nSPS) is 15.0. The Morgan fingerprint density at radius 1 is 1.24 bits per heavy atom. The third kappa shape index (κ3) is 4.63. The summed E-state index contributed by atoms with van der Waals surface area (Å²) < 4.78 is 0. The molecule has 25 heavy (non-hydrogen) atoms. The van der Waals surface area contributed by atoms with Crippen LogP contribution < -0.4 is 5.32 Å². The van der Waals surface area contributed by atoms with Crippen LogP contribution in [0.3, 0.4) is 0 Å². The molecule has 1 atom stereocenters. The molecular formula is C19H26N4OS. The first-order valence-corrected chi connectivity index (χ1v) is 9.97. The number of nitrogens with zero attached hydrogens (tertiary/aromatic N) is 2. The number of amides is 1. The van der Waals surface area contributed by atoms with E-state index in [-0.39, 0.29) is 11.9 Å². The number of thioether (sulfide) groups is 1. The molecule has 3 rings (SSSR count). The lowest BCUT2D eigenvalue weighted by molar-refractivity contribution is -0.119. The number of fused-ring (bicyclic) bond motifs is 1. The van der Waals surface area contributed by atoms with E-state index in [0.29, 0.717) is 16.8 Å². The molecule has 0 bridgehead atoms. The van der Waals surface area contributed by atoms with E-state index in [4.69, 9.17) is 0 Å². The van der Waals surface area contributed by atoms with Crippen LogP contribution in [0.1, 0.15) is 68.1 Å². The van der Waals surface area contributed by atoms with Gasteiger partial charge in [-0.15, -0.1) is 5.10 Å². The summed E-state index contributed by atoms with van der Waals surface area (Å²) in [6, 6.07) is 6.64.